The lowest BCUT2D eigenvalue weighted by molar-refractivity contribution is 0.566. The summed E-state index contributed by atoms with van der Waals surface area (Å²) in [6.07, 6.45) is 6.65. The summed E-state index contributed by atoms with van der Waals surface area (Å²) in [5.74, 6) is 0. The first-order valence-electron chi connectivity index (χ1n) is 11.8. The standard InChI is InChI=1S/C31H36N2/c1-30(2,3)25-19-26(31(4,5)6)21-28(20-25)33-29(24-15-11-8-12-16-24)22-27(32-33)18-17-23-13-9-7-10-14-23/h7-22,29,32H,1-6H3. The monoisotopic (exact) mass is 436 g/mol. The smallest absolute Gasteiger partial charge is 0.0958 e. The van der Waals surface area contributed by atoms with Gasteiger partial charge in [0, 0.05) is 0 Å². The van der Waals surface area contributed by atoms with Crippen LogP contribution in [0.3, 0.4) is 0 Å². The van der Waals surface area contributed by atoms with Crippen LogP contribution in [0.2, 0.25) is 0 Å². The van der Waals surface area contributed by atoms with Crippen LogP contribution < -0.4 is 10.4 Å². The maximum absolute atomic E-state index is 3.69. The van der Waals surface area contributed by atoms with Crippen molar-refractivity contribution in [2.45, 2.75) is 58.4 Å². The van der Waals surface area contributed by atoms with Crippen LogP contribution in [0.15, 0.2) is 96.7 Å². The molecule has 2 heteroatoms. The third-order valence-corrected chi connectivity index (χ3v) is 6.19. The number of hydrogen-bond acceptors (Lipinski definition) is 2. The van der Waals surface area contributed by atoms with E-state index in [4.69, 9.17) is 0 Å². The second kappa shape index (κ2) is 8.94. The molecule has 0 amide bonds. The van der Waals surface area contributed by atoms with Crippen molar-refractivity contribution in [1.82, 2.24) is 5.43 Å². The highest BCUT2D eigenvalue weighted by atomic mass is 15.5. The summed E-state index contributed by atoms with van der Waals surface area (Å²) < 4.78 is 0. The second-order valence-electron chi connectivity index (χ2n) is 11.0. The quantitative estimate of drug-likeness (QED) is 0.446. The lowest BCUT2D eigenvalue weighted by Crippen LogP contribution is -2.34. The van der Waals surface area contributed by atoms with Gasteiger partial charge >= 0.3 is 0 Å². The van der Waals surface area contributed by atoms with E-state index in [0.29, 0.717) is 0 Å². The molecule has 4 rings (SSSR count). The molecule has 170 valence electrons. The van der Waals surface area contributed by atoms with Crippen LogP contribution >= 0.6 is 0 Å². The highest BCUT2D eigenvalue weighted by Gasteiger charge is 2.28. The fraction of sp³-hybridized carbons (Fsp3) is 0.290. The van der Waals surface area contributed by atoms with Gasteiger partial charge in [0.1, 0.15) is 0 Å². The van der Waals surface area contributed by atoms with Gasteiger partial charge in [-0.05, 0) is 57.4 Å². The molecule has 1 aliphatic rings. The van der Waals surface area contributed by atoms with Gasteiger partial charge < -0.3 is 0 Å². The van der Waals surface area contributed by atoms with Crippen LogP contribution in [0.4, 0.5) is 5.69 Å². The van der Waals surface area contributed by atoms with E-state index >= 15 is 0 Å². The molecule has 1 atom stereocenters. The minimum Gasteiger partial charge on any atom is -0.298 e. The third-order valence-electron chi connectivity index (χ3n) is 6.19. The molecule has 0 radical (unpaired) electrons. The minimum absolute atomic E-state index is 0.0709. The fourth-order valence-electron chi connectivity index (χ4n) is 4.07. The van der Waals surface area contributed by atoms with Crippen molar-refractivity contribution in [1.29, 1.82) is 0 Å². The predicted octanol–water partition coefficient (Wildman–Crippen LogP) is 7.94. The maximum atomic E-state index is 3.69. The van der Waals surface area contributed by atoms with Crippen molar-refractivity contribution in [3.05, 3.63) is 119 Å². The molecule has 0 saturated heterocycles. The SMILES string of the molecule is CC(C)(C)c1cc(N2NC(C=Cc3ccccc3)=CC2c2ccccc2)cc(C(C)(C)C)c1. The number of hydrazine groups is 1. The van der Waals surface area contributed by atoms with Gasteiger partial charge in [0.25, 0.3) is 0 Å². The zero-order valence-corrected chi connectivity index (χ0v) is 20.8. The molecule has 0 saturated carbocycles. The molecule has 0 aliphatic carbocycles. The summed E-state index contributed by atoms with van der Waals surface area (Å²) in [5, 5.41) is 2.31. The maximum Gasteiger partial charge on any atom is 0.0958 e. The summed E-state index contributed by atoms with van der Waals surface area (Å²) in [4.78, 5) is 0. The first-order valence-corrected chi connectivity index (χ1v) is 11.8. The number of nitrogens with one attached hydrogen (secondary N) is 1. The van der Waals surface area contributed by atoms with Gasteiger partial charge in [0.2, 0.25) is 0 Å². The Kier molecular flexibility index (Phi) is 6.21. The van der Waals surface area contributed by atoms with E-state index in [1.54, 1.807) is 0 Å². The molecule has 3 aromatic rings. The van der Waals surface area contributed by atoms with E-state index in [1.807, 2.05) is 6.07 Å². The summed E-state index contributed by atoms with van der Waals surface area (Å²) in [7, 11) is 0. The number of anilines is 1. The Morgan fingerprint density at radius 2 is 1.24 bits per heavy atom. The van der Waals surface area contributed by atoms with Crippen molar-refractivity contribution in [2.75, 3.05) is 5.01 Å². The van der Waals surface area contributed by atoms with Crippen LogP contribution in [0.25, 0.3) is 6.08 Å². The minimum atomic E-state index is 0.0709. The average Bonchev–Trinajstić information content (AvgIpc) is 3.22. The molecule has 1 heterocycles. The largest absolute Gasteiger partial charge is 0.298 e. The number of rotatable bonds is 4. The summed E-state index contributed by atoms with van der Waals surface area (Å²) >= 11 is 0. The van der Waals surface area contributed by atoms with E-state index in [2.05, 4.69) is 143 Å². The Morgan fingerprint density at radius 1 is 0.697 bits per heavy atom. The molecule has 1 unspecified atom stereocenters. The van der Waals surface area contributed by atoms with Crippen molar-refractivity contribution in [3.63, 3.8) is 0 Å². The number of allylic oxidation sites excluding steroid dienone is 1. The van der Waals surface area contributed by atoms with Gasteiger partial charge in [0.15, 0.2) is 0 Å². The van der Waals surface area contributed by atoms with Crippen LogP contribution in [0.5, 0.6) is 0 Å². The van der Waals surface area contributed by atoms with Crippen molar-refractivity contribution < 1.29 is 0 Å². The van der Waals surface area contributed by atoms with Gasteiger partial charge in [-0.3, -0.25) is 10.4 Å². The Labute approximate surface area is 199 Å². The van der Waals surface area contributed by atoms with E-state index in [0.717, 1.165) is 5.70 Å². The molecule has 0 bridgehead atoms. The Morgan fingerprint density at radius 3 is 1.79 bits per heavy atom. The van der Waals surface area contributed by atoms with Crippen molar-refractivity contribution in [2.24, 2.45) is 0 Å². The van der Waals surface area contributed by atoms with Gasteiger partial charge in [-0.15, -0.1) is 0 Å². The fourth-order valence-corrected chi connectivity index (χ4v) is 4.07. The summed E-state index contributed by atoms with van der Waals surface area (Å²) in [6, 6.07) is 28.3. The number of benzene rings is 3. The highest BCUT2D eigenvalue weighted by molar-refractivity contribution is 5.60. The molecule has 1 aliphatic heterocycles. The van der Waals surface area contributed by atoms with Crippen LogP contribution in [0.1, 0.15) is 69.8 Å². The number of hydrogen-bond donors (Lipinski definition) is 1. The van der Waals surface area contributed by atoms with Crippen LogP contribution in [0, 0.1) is 0 Å². The molecule has 0 aromatic heterocycles. The van der Waals surface area contributed by atoms with E-state index in [-0.39, 0.29) is 16.9 Å². The van der Waals surface area contributed by atoms with Gasteiger partial charge in [-0.1, -0.05) is 114 Å². The Bertz CT molecular complexity index is 1110. The lowest BCUT2D eigenvalue weighted by Gasteiger charge is -2.32. The average molecular weight is 437 g/mol. The Hall–Kier alpha value is -3.26. The molecule has 0 fully saturated rings. The first-order chi connectivity index (χ1) is 15.6. The first kappa shape index (κ1) is 22.9. The van der Waals surface area contributed by atoms with Crippen molar-refractivity contribution in [3.8, 4) is 0 Å². The normalized spacial score (nSPS) is 16.7. The molecule has 33 heavy (non-hydrogen) atoms. The third kappa shape index (κ3) is 5.39. The molecule has 2 nitrogen and oxygen atoms in total. The van der Waals surface area contributed by atoms with Crippen LogP contribution in [-0.4, -0.2) is 0 Å². The highest BCUT2D eigenvalue weighted by Crippen LogP contribution is 2.38. The zero-order valence-electron chi connectivity index (χ0n) is 20.8. The predicted molar refractivity (Wildman–Crippen MR) is 142 cm³/mol. The lowest BCUT2D eigenvalue weighted by atomic mass is 9.80. The van der Waals surface area contributed by atoms with E-state index < -0.39 is 0 Å². The second-order valence-corrected chi connectivity index (χ2v) is 11.0. The van der Waals surface area contributed by atoms with Crippen molar-refractivity contribution >= 4 is 11.8 Å². The topological polar surface area (TPSA) is 15.3 Å². The van der Waals surface area contributed by atoms with E-state index in [1.165, 1.54) is 27.9 Å². The molecule has 3 aromatic carbocycles. The van der Waals surface area contributed by atoms with E-state index in [9.17, 15) is 0 Å². The molecular weight excluding hydrogens is 400 g/mol. The summed E-state index contributed by atoms with van der Waals surface area (Å²) in [5.41, 5.74) is 11.3. The molecule has 1 N–H and O–H groups in total. The van der Waals surface area contributed by atoms with Crippen LogP contribution in [-0.2, 0) is 10.8 Å². The van der Waals surface area contributed by atoms with Gasteiger partial charge in [-0.25, -0.2) is 0 Å². The molecular formula is C31H36N2. The zero-order chi connectivity index (χ0) is 23.6. The van der Waals surface area contributed by atoms with Gasteiger partial charge in [0.05, 0.1) is 17.4 Å². The Balaban J connectivity index is 1.76. The van der Waals surface area contributed by atoms with Gasteiger partial charge in [-0.2, -0.15) is 0 Å². The summed E-state index contributed by atoms with van der Waals surface area (Å²) in [6.45, 7) is 13.7. The number of nitrogens with zero attached hydrogens (tertiary/aromatic N) is 1. The molecule has 0 spiro atoms.